The minimum atomic E-state index is 0.460. The Kier molecular flexibility index (Phi) is 19.0. The number of benzene rings is 6. The molecule has 504 valence electrons. The van der Waals surface area contributed by atoms with Crippen LogP contribution in [0.3, 0.4) is 0 Å². The van der Waals surface area contributed by atoms with Crippen molar-refractivity contribution in [2.24, 2.45) is 87.3 Å². The predicted octanol–water partition coefficient (Wildman–Crippen LogP) is 20.1. The summed E-state index contributed by atoms with van der Waals surface area (Å²) in [6, 6.07) is 51.0. The van der Waals surface area contributed by atoms with Crippen LogP contribution in [0.15, 0.2) is 157 Å². The van der Waals surface area contributed by atoms with E-state index < -0.39 is 0 Å². The van der Waals surface area contributed by atoms with Crippen LogP contribution in [0.25, 0.3) is 27.9 Å². The molecule has 95 heavy (non-hydrogen) atoms. The Labute approximate surface area is 580 Å². The smallest absolute Gasteiger partial charge is 0.123 e. The van der Waals surface area contributed by atoms with E-state index in [1.165, 1.54) is 144 Å². The summed E-state index contributed by atoms with van der Waals surface area (Å²) >= 11 is 3.61. The lowest BCUT2D eigenvalue weighted by Crippen LogP contribution is -2.59. The number of fused-ring (bicyclic) bond motifs is 9. The Morgan fingerprint density at radius 1 is 0.537 bits per heavy atom. The summed E-state index contributed by atoms with van der Waals surface area (Å²) in [5.41, 5.74) is 18.6. The number of nitrogens with one attached hydrogen (secondary N) is 3. The van der Waals surface area contributed by atoms with E-state index in [4.69, 9.17) is 4.74 Å². The highest BCUT2D eigenvalue weighted by molar-refractivity contribution is 9.10. The third kappa shape index (κ3) is 13.4. The summed E-state index contributed by atoms with van der Waals surface area (Å²) in [4.78, 5) is 6.75. The molecule has 14 aliphatic carbocycles. The van der Waals surface area contributed by atoms with Crippen molar-refractivity contribution in [3.63, 3.8) is 0 Å². The number of aromatic nitrogens is 2. The Morgan fingerprint density at radius 3 is 1.49 bits per heavy atom. The number of hydrogen-bond donors (Lipinski definition) is 3. The summed E-state index contributed by atoms with van der Waals surface area (Å²) in [6.45, 7) is 28.3. The van der Waals surface area contributed by atoms with Crippen LogP contribution in [0, 0.1) is 94.2 Å². The first-order valence-corrected chi connectivity index (χ1v) is 38.1. The van der Waals surface area contributed by atoms with Gasteiger partial charge in [-0.25, -0.2) is 4.98 Å². The monoisotopic (exact) mass is 1340 g/mol. The molecular formula is C87H113BrN6O. The Bertz CT molecular complexity index is 3720. The fraction of sp³-hybridized carbons (Fsp3) is 0.552. The van der Waals surface area contributed by atoms with E-state index >= 15 is 0 Å². The molecule has 13 fully saturated rings. The van der Waals surface area contributed by atoms with Crippen molar-refractivity contribution in [1.29, 1.82) is 0 Å². The summed E-state index contributed by atoms with van der Waals surface area (Å²) in [5, 5.41) is 11.6. The molecule has 1 aromatic heterocycles. The van der Waals surface area contributed by atoms with Crippen molar-refractivity contribution >= 4 is 15.9 Å². The lowest BCUT2D eigenvalue weighted by Gasteiger charge is -2.62. The first-order valence-electron chi connectivity index (χ1n) is 37.3. The Morgan fingerprint density at radius 2 is 1.01 bits per heavy atom. The van der Waals surface area contributed by atoms with Gasteiger partial charge in [0.15, 0.2) is 0 Å². The number of aryl methyl sites for hydroxylation is 1. The zero-order chi connectivity index (χ0) is 66.1. The van der Waals surface area contributed by atoms with Gasteiger partial charge in [-0.1, -0.05) is 187 Å². The van der Waals surface area contributed by atoms with Gasteiger partial charge < -0.3 is 25.3 Å². The molecule has 1 heterocycles. The summed E-state index contributed by atoms with van der Waals surface area (Å²) in [5.74, 6) is 11.9. The van der Waals surface area contributed by atoms with Gasteiger partial charge in [-0.15, -0.1) is 0 Å². The first-order chi connectivity index (χ1) is 45.6. The molecule has 12 atom stereocenters. The van der Waals surface area contributed by atoms with E-state index in [1.54, 1.807) is 7.11 Å². The van der Waals surface area contributed by atoms with Gasteiger partial charge in [0.1, 0.15) is 5.75 Å². The third-order valence-electron chi connectivity index (χ3n) is 28.2. The molecule has 7 nitrogen and oxygen atoms in total. The van der Waals surface area contributed by atoms with Gasteiger partial charge in [-0.3, -0.25) is 4.90 Å². The molecule has 0 aliphatic heterocycles. The Hall–Kier alpha value is -5.35. The number of halogens is 1. The largest absolute Gasteiger partial charge is 0.496 e. The quantitative estimate of drug-likeness (QED) is 0.0951. The second-order valence-electron chi connectivity index (χ2n) is 34.3. The molecule has 0 unspecified atom stereocenters. The maximum atomic E-state index is 5.57. The highest BCUT2D eigenvalue weighted by atomic mass is 79.9. The molecule has 13 saturated carbocycles. The normalized spacial score (nSPS) is 32.1. The molecule has 0 saturated heterocycles. The lowest BCUT2D eigenvalue weighted by atomic mass is 9.45. The molecule has 6 aromatic carbocycles. The van der Waals surface area contributed by atoms with Crippen molar-refractivity contribution in [3.8, 4) is 33.7 Å². The van der Waals surface area contributed by atoms with Gasteiger partial charge in [-0.2, -0.15) is 0 Å². The van der Waals surface area contributed by atoms with Crippen LogP contribution in [0.4, 0.5) is 0 Å². The second kappa shape index (κ2) is 27.1. The van der Waals surface area contributed by atoms with Gasteiger partial charge in [0.2, 0.25) is 0 Å². The number of methoxy groups -OCH3 is 1. The van der Waals surface area contributed by atoms with E-state index in [9.17, 15) is 0 Å². The number of hydrogen-bond acceptors (Lipinski definition) is 6. The highest BCUT2D eigenvalue weighted by Crippen LogP contribution is 2.64. The first kappa shape index (κ1) is 66.9. The van der Waals surface area contributed by atoms with Crippen molar-refractivity contribution in [1.82, 2.24) is 30.4 Å². The van der Waals surface area contributed by atoms with Crippen molar-refractivity contribution < 1.29 is 4.74 Å². The van der Waals surface area contributed by atoms with Crippen LogP contribution in [-0.4, -0.2) is 52.3 Å². The standard InChI is InChI=1S/C24H29N.C24H31N.C20H27N3.C19H26BrNO/c1-15-22-12-19(24(22,2)3)13-23(15)25-14-16-8-9-21-18(10-16)11-17-6-4-5-7-20(17)21;1-16-5-9-19(10-6-16)20-11-7-18(8-12-20)15-25-23-14-21-13-22(17(23)2)24(21,3)4;1-14-18-10-16(20(18,2)3)11-19(14)22-12-15-4-6-17(7-5-15)23-9-8-21-13-23;1-21(12-16-8-17(20)3-4-18(16)22-2)19-9-13-5-14(10-19)7-15(6-13)11-19/h4-10,15,19,22-23,25H,11-14H2,1-3H3;5-12,17,21-23,25H,13-15H2,1-4H3;4-9,13-14,16,18-19,22H,10-12H2,1-3H3;3-4,8,13-15H,5-7,9-12H2,1-2H3/t15-,19+,22-,23-;17-,21+,22-,23-;14-,16+,18-,19-;/m000./s1. The van der Waals surface area contributed by atoms with E-state index in [2.05, 4.69) is 252 Å². The van der Waals surface area contributed by atoms with Gasteiger partial charge in [0.25, 0.3) is 0 Å². The van der Waals surface area contributed by atoms with Crippen LogP contribution in [-0.2, 0) is 32.6 Å². The van der Waals surface area contributed by atoms with Gasteiger partial charge in [-0.05, 0) is 265 Å². The molecule has 3 N–H and O–H groups in total. The molecule has 8 heteroatoms. The average molecular weight is 1340 g/mol. The van der Waals surface area contributed by atoms with Crippen LogP contribution in [0.5, 0.6) is 5.75 Å². The molecule has 7 aromatic rings. The number of ether oxygens (including phenoxy) is 1. The molecule has 0 spiro atoms. The average Bonchev–Trinajstić information content (AvgIpc) is 1.71. The van der Waals surface area contributed by atoms with Gasteiger partial charge in [0.05, 0.1) is 13.4 Å². The fourth-order valence-electron chi connectivity index (χ4n) is 21.9. The molecule has 14 aliphatic rings. The van der Waals surface area contributed by atoms with E-state index in [1.807, 2.05) is 23.3 Å². The zero-order valence-corrected chi connectivity index (χ0v) is 61.3. The highest BCUT2D eigenvalue weighted by Gasteiger charge is 2.58. The maximum absolute atomic E-state index is 5.57. The second-order valence-corrected chi connectivity index (χ2v) is 35.2. The predicted molar refractivity (Wildman–Crippen MR) is 397 cm³/mol. The van der Waals surface area contributed by atoms with Crippen molar-refractivity contribution in [3.05, 3.63) is 196 Å². The van der Waals surface area contributed by atoms with Crippen LogP contribution in [0.1, 0.15) is 178 Å². The third-order valence-corrected chi connectivity index (χ3v) is 28.7. The molecule has 21 rings (SSSR count). The van der Waals surface area contributed by atoms with E-state index in [-0.39, 0.29) is 0 Å². The molecule has 0 radical (unpaired) electrons. The minimum absolute atomic E-state index is 0.460. The van der Waals surface area contributed by atoms with E-state index in [0.29, 0.717) is 39.9 Å². The van der Waals surface area contributed by atoms with Crippen LogP contribution >= 0.6 is 15.9 Å². The Balaban J connectivity index is 0.000000109. The van der Waals surface area contributed by atoms with Crippen LogP contribution < -0.4 is 20.7 Å². The lowest BCUT2D eigenvalue weighted by molar-refractivity contribution is -0.115. The molecule has 10 bridgehead atoms. The fourth-order valence-corrected chi connectivity index (χ4v) is 22.3. The van der Waals surface area contributed by atoms with Crippen molar-refractivity contribution in [2.75, 3.05) is 14.2 Å². The maximum Gasteiger partial charge on any atom is 0.123 e. The summed E-state index contributed by atoms with van der Waals surface area (Å²) < 4.78 is 8.75. The minimum Gasteiger partial charge on any atom is -0.496 e. The SMILES string of the molecule is COc1ccc(Br)cc1CN(C)C12CC3CC(CC(C3)C1)C2.C[C@@H]1[C@@H](NCc2ccc(-n3ccnc3)cc2)C[C@H]2C[C@@H]1C2(C)C.C[C@@H]1[C@@H](NCc2ccc3c(c2)Cc2ccccc2-3)C[C@H]2C[C@@H]1C2(C)C.Cc1ccc(-c2ccc(CN[C@H]3C[C@H]4C[C@@H]([C@@H]3C)C4(C)C)cc2)cc1. The zero-order valence-electron chi connectivity index (χ0n) is 59.7. The van der Waals surface area contributed by atoms with Gasteiger partial charge in [0, 0.05) is 78.0 Å². The van der Waals surface area contributed by atoms with E-state index in [0.717, 1.165) is 114 Å². The number of imidazole rings is 1. The van der Waals surface area contributed by atoms with Crippen molar-refractivity contribution in [2.45, 2.75) is 203 Å². The van der Waals surface area contributed by atoms with Gasteiger partial charge >= 0.3 is 0 Å². The van der Waals surface area contributed by atoms with Crippen LogP contribution in [0.2, 0.25) is 0 Å². The number of rotatable bonds is 15. The topological polar surface area (TPSA) is 66.4 Å². The molecular weight excluding hydrogens is 1220 g/mol. The number of nitrogens with zero attached hydrogens (tertiary/aromatic N) is 3. The molecule has 0 amide bonds. The summed E-state index contributed by atoms with van der Waals surface area (Å²) in [6.07, 6.45) is 23.9. The summed E-state index contributed by atoms with van der Waals surface area (Å²) in [7, 11) is 4.12.